The lowest BCUT2D eigenvalue weighted by Crippen LogP contribution is -2.43. The number of hydrogen-bond donors (Lipinski definition) is 1. The molecule has 1 rings (SSSR count). The average Bonchev–Trinajstić information content (AvgIpc) is 2.44. The molecule has 0 saturated carbocycles. The predicted octanol–water partition coefficient (Wildman–Crippen LogP) is 3.61. The van der Waals surface area contributed by atoms with E-state index in [0.717, 1.165) is 6.54 Å². The van der Waals surface area contributed by atoms with Gasteiger partial charge in [0.2, 0.25) is 0 Å². The molecule has 0 unspecified atom stereocenters. The first-order valence-corrected chi connectivity index (χ1v) is 8.17. The molecule has 0 fully saturated rings. The van der Waals surface area contributed by atoms with Crippen LogP contribution >= 0.6 is 23.2 Å². The summed E-state index contributed by atoms with van der Waals surface area (Å²) in [5, 5.41) is 3.72. The molecule has 0 aromatic heterocycles. The molecule has 0 saturated heterocycles. The second-order valence-corrected chi connectivity index (χ2v) is 6.45. The van der Waals surface area contributed by atoms with E-state index in [-0.39, 0.29) is 12.5 Å². The molecular weight excluding hydrogens is 323 g/mol. The largest absolute Gasteiger partial charge is 0.484 e. The number of halogens is 2. The highest BCUT2D eigenvalue weighted by atomic mass is 35.5. The SMILES string of the molecule is CC(C)N(CCNC(=O)COc1ccc(Cl)c(Cl)c1)C(C)C. The van der Waals surface area contributed by atoms with Crippen molar-refractivity contribution in [2.45, 2.75) is 39.8 Å². The van der Waals surface area contributed by atoms with E-state index in [1.165, 1.54) is 0 Å². The smallest absolute Gasteiger partial charge is 0.257 e. The minimum atomic E-state index is -0.154. The zero-order chi connectivity index (χ0) is 16.7. The minimum absolute atomic E-state index is 0.0404. The Morgan fingerprint density at radius 1 is 1.18 bits per heavy atom. The van der Waals surface area contributed by atoms with Crippen molar-refractivity contribution in [2.75, 3.05) is 19.7 Å². The van der Waals surface area contributed by atoms with Gasteiger partial charge in [-0.3, -0.25) is 9.69 Å². The third kappa shape index (κ3) is 6.42. The molecule has 6 heteroatoms. The summed E-state index contributed by atoms with van der Waals surface area (Å²) in [6.45, 7) is 9.96. The summed E-state index contributed by atoms with van der Waals surface area (Å²) in [7, 11) is 0. The number of nitrogens with zero attached hydrogens (tertiary/aromatic N) is 1. The third-order valence-corrected chi connectivity index (χ3v) is 4.02. The van der Waals surface area contributed by atoms with Gasteiger partial charge < -0.3 is 10.1 Å². The topological polar surface area (TPSA) is 41.6 Å². The first-order chi connectivity index (χ1) is 10.3. The molecule has 0 radical (unpaired) electrons. The summed E-state index contributed by atoms with van der Waals surface area (Å²) in [5.41, 5.74) is 0. The highest BCUT2D eigenvalue weighted by Gasteiger charge is 2.13. The van der Waals surface area contributed by atoms with Gasteiger partial charge in [0.1, 0.15) is 5.75 Å². The number of carbonyl (C=O) groups excluding carboxylic acids is 1. The molecule has 124 valence electrons. The molecular formula is C16H24Cl2N2O2. The number of ether oxygens (including phenoxy) is 1. The van der Waals surface area contributed by atoms with E-state index < -0.39 is 0 Å². The Kier molecular flexibility index (Phi) is 8.01. The molecule has 0 atom stereocenters. The molecule has 1 N–H and O–H groups in total. The molecule has 4 nitrogen and oxygen atoms in total. The van der Waals surface area contributed by atoms with Crippen LogP contribution in [0.1, 0.15) is 27.7 Å². The van der Waals surface area contributed by atoms with E-state index in [2.05, 4.69) is 37.9 Å². The van der Waals surface area contributed by atoms with Crippen molar-refractivity contribution in [3.8, 4) is 5.75 Å². The summed E-state index contributed by atoms with van der Waals surface area (Å²) in [6, 6.07) is 5.81. The Bertz CT molecular complexity index is 485. The van der Waals surface area contributed by atoms with Gasteiger partial charge in [0.15, 0.2) is 6.61 Å². The van der Waals surface area contributed by atoms with Gasteiger partial charge in [0.05, 0.1) is 10.0 Å². The molecule has 0 aliphatic heterocycles. The van der Waals surface area contributed by atoms with Gasteiger partial charge >= 0.3 is 0 Å². The van der Waals surface area contributed by atoms with E-state index >= 15 is 0 Å². The number of amides is 1. The summed E-state index contributed by atoms with van der Waals surface area (Å²) < 4.78 is 5.39. The lowest BCUT2D eigenvalue weighted by Gasteiger charge is -2.30. The van der Waals surface area contributed by atoms with Crippen molar-refractivity contribution in [3.05, 3.63) is 28.2 Å². The van der Waals surface area contributed by atoms with Crippen LogP contribution in [0.2, 0.25) is 10.0 Å². The summed E-state index contributed by atoms with van der Waals surface area (Å²) >= 11 is 11.7. The second kappa shape index (κ2) is 9.23. The second-order valence-electron chi connectivity index (χ2n) is 5.64. The standard InChI is InChI=1S/C16H24Cl2N2O2/c1-11(2)20(12(3)4)8-7-19-16(21)10-22-13-5-6-14(17)15(18)9-13/h5-6,9,11-12H,7-8,10H2,1-4H3,(H,19,21). The number of rotatable bonds is 8. The quantitative estimate of drug-likeness (QED) is 0.781. The van der Waals surface area contributed by atoms with Crippen molar-refractivity contribution in [2.24, 2.45) is 0 Å². The molecule has 1 aromatic carbocycles. The van der Waals surface area contributed by atoms with Gasteiger partial charge in [0, 0.05) is 31.2 Å². The number of carbonyl (C=O) groups is 1. The maximum absolute atomic E-state index is 11.8. The van der Waals surface area contributed by atoms with Crippen LogP contribution in [0.15, 0.2) is 18.2 Å². The molecule has 0 aliphatic carbocycles. The number of benzene rings is 1. The van der Waals surface area contributed by atoms with Crippen LogP contribution in [0.3, 0.4) is 0 Å². The molecule has 1 aromatic rings. The first-order valence-electron chi connectivity index (χ1n) is 7.41. The van der Waals surface area contributed by atoms with Crippen LogP contribution in [-0.4, -0.2) is 42.6 Å². The van der Waals surface area contributed by atoms with Crippen LogP contribution < -0.4 is 10.1 Å². The van der Waals surface area contributed by atoms with Crippen LogP contribution in [0, 0.1) is 0 Å². The zero-order valence-electron chi connectivity index (χ0n) is 13.5. The van der Waals surface area contributed by atoms with Crippen molar-refractivity contribution >= 4 is 29.1 Å². The van der Waals surface area contributed by atoms with Crippen molar-refractivity contribution in [1.82, 2.24) is 10.2 Å². The summed E-state index contributed by atoms with van der Waals surface area (Å²) in [6.07, 6.45) is 0. The van der Waals surface area contributed by atoms with Crippen LogP contribution in [-0.2, 0) is 4.79 Å². The first kappa shape index (κ1) is 19.1. The van der Waals surface area contributed by atoms with E-state index in [9.17, 15) is 4.79 Å². The molecule has 0 spiro atoms. The zero-order valence-corrected chi connectivity index (χ0v) is 15.0. The van der Waals surface area contributed by atoms with E-state index in [4.69, 9.17) is 27.9 Å². The highest BCUT2D eigenvalue weighted by Crippen LogP contribution is 2.26. The Hall–Kier alpha value is -0.970. The lowest BCUT2D eigenvalue weighted by atomic mass is 10.2. The maximum atomic E-state index is 11.8. The van der Waals surface area contributed by atoms with E-state index in [0.29, 0.717) is 34.4 Å². The predicted molar refractivity (Wildman–Crippen MR) is 91.9 cm³/mol. The van der Waals surface area contributed by atoms with Crippen LogP contribution in [0.25, 0.3) is 0 Å². The summed E-state index contributed by atoms with van der Waals surface area (Å²) in [4.78, 5) is 14.1. The van der Waals surface area contributed by atoms with Gasteiger partial charge in [-0.05, 0) is 39.8 Å². The molecule has 0 heterocycles. The fraction of sp³-hybridized carbons (Fsp3) is 0.562. The van der Waals surface area contributed by atoms with Gasteiger partial charge in [-0.2, -0.15) is 0 Å². The number of nitrogens with one attached hydrogen (secondary N) is 1. The van der Waals surface area contributed by atoms with Gasteiger partial charge in [-0.1, -0.05) is 23.2 Å². The van der Waals surface area contributed by atoms with Crippen molar-refractivity contribution in [3.63, 3.8) is 0 Å². The fourth-order valence-corrected chi connectivity index (χ4v) is 2.49. The molecule has 0 bridgehead atoms. The number of hydrogen-bond acceptors (Lipinski definition) is 3. The fourth-order valence-electron chi connectivity index (χ4n) is 2.20. The van der Waals surface area contributed by atoms with Crippen molar-refractivity contribution in [1.29, 1.82) is 0 Å². The van der Waals surface area contributed by atoms with Crippen LogP contribution in [0.4, 0.5) is 0 Å². The maximum Gasteiger partial charge on any atom is 0.257 e. The van der Waals surface area contributed by atoms with Crippen molar-refractivity contribution < 1.29 is 9.53 Å². The minimum Gasteiger partial charge on any atom is -0.484 e. The normalized spacial score (nSPS) is 11.3. The Balaban J connectivity index is 2.33. The van der Waals surface area contributed by atoms with E-state index in [1.54, 1.807) is 18.2 Å². The Morgan fingerprint density at radius 2 is 1.82 bits per heavy atom. The molecule has 0 aliphatic rings. The highest BCUT2D eigenvalue weighted by molar-refractivity contribution is 6.42. The summed E-state index contributed by atoms with van der Waals surface area (Å²) in [5.74, 6) is 0.370. The van der Waals surface area contributed by atoms with Crippen LogP contribution in [0.5, 0.6) is 5.75 Å². The molecule has 22 heavy (non-hydrogen) atoms. The van der Waals surface area contributed by atoms with Gasteiger partial charge in [-0.15, -0.1) is 0 Å². The monoisotopic (exact) mass is 346 g/mol. The molecule has 1 amide bonds. The lowest BCUT2D eigenvalue weighted by molar-refractivity contribution is -0.123. The van der Waals surface area contributed by atoms with Gasteiger partial charge in [-0.25, -0.2) is 0 Å². The Morgan fingerprint density at radius 3 is 2.36 bits per heavy atom. The van der Waals surface area contributed by atoms with E-state index in [1.807, 2.05) is 0 Å². The van der Waals surface area contributed by atoms with Gasteiger partial charge in [0.25, 0.3) is 5.91 Å². The average molecular weight is 347 g/mol. The Labute approximate surface area is 142 Å². The third-order valence-electron chi connectivity index (χ3n) is 3.28.